The second-order valence-corrected chi connectivity index (χ2v) is 9.18. The number of carbonyl (C=O) groups excluding carboxylic acids is 1. The number of para-hydroxylation sites is 1. The fourth-order valence-corrected chi connectivity index (χ4v) is 5.09. The molecule has 34 heavy (non-hydrogen) atoms. The van der Waals surface area contributed by atoms with Gasteiger partial charge in [-0.25, -0.2) is 4.98 Å². The largest absolute Gasteiger partial charge is 0.325 e. The molecule has 1 amide bonds. The van der Waals surface area contributed by atoms with Crippen LogP contribution in [0, 0.1) is 0 Å². The number of nitrogens with one attached hydrogen (secondary N) is 1. The van der Waals surface area contributed by atoms with E-state index in [1.54, 1.807) is 0 Å². The molecule has 0 aliphatic heterocycles. The third-order valence-corrected chi connectivity index (χ3v) is 6.74. The molecule has 0 unspecified atom stereocenters. The third-order valence-electron chi connectivity index (χ3n) is 5.42. The van der Waals surface area contributed by atoms with E-state index < -0.39 is 0 Å². The van der Waals surface area contributed by atoms with Gasteiger partial charge in [0.15, 0.2) is 0 Å². The van der Waals surface area contributed by atoms with Crippen molar-refractivity contribution in [3.8, 4) is 22.4 Å². The van der Waals surface area contributed by atoms with Gasteiger partial charge in [-0.15, -0.1) is 11.8 Å². The number of nitrogens with zero attached hydrogens (tertiary/aromatic N) is 1. The lowest BCUT2D eigenvalue weighted by Gasteiger charge is -2.18. The summed E-state index contributed by atoms with van der Waals surface area (Å²) >= 11 is 7.90. The molecule has 1 aromatic heterocycles. The quantitative estimate of drug-likeness (QED) is 0.251. The first-order valence-electron chi connectivity index (χ1n) is 10.9. The molecule has 5 rings (SSSR count). The molecule has 166 valence electrons. The summed E-state index contributed by atoms with van der Waals surface area (Å²) in [5, 5.41) is 4.59. The summed E-state index contributed by atoms with van der Waals surface area (Å²) in [7, 11) is 0. The van der Waals surface area contributed by atoms with Gasteiger partial charge in [-0.1, -0.05) is 90.5 Å². The third kappa shape index (κ3) is 4.84. The monoisotopic (exact) mass is 480 g/mol. The highest BCUT2D eigenvalue weighted by Gasteiger charge is 2.20. The number of thioether (sulfide) groups is 1. The Hall–Kier alpha value is -3.60. The Kier molecular flexibility index (Phi) is 6.61. The summed E-state index contributed by atoms with van der Waals surface area (Å²) in [4.78, 5) is 18.8. The smallest absolute Gasteiger partial charge is 0.234 e. The average Bonchev–Trinajstić information content (AvgIpc) is 2.88. The number of halogens is 1. The lowest BCUT2D eigenvalue weighted by Crippen LogP contribution is -2.14. The fraction of sp³-hybridized carbons (Fsp3) is 0.0345. The van der Waals surface area contributed by atoms with Gasteiger partial charge in [0.1, 0.15) is 0 Å². The lowest BCUT2D eigenvalue weighted by atomic mass is 9.98. The summed E-state index contributed by atoms with van der Waals surface area (Å²) in [6.07, 6.45) is 0. The highest BCUT2D eigenvalue weighted by Crippen LogP contribution is 2.43. The molecule has 1 N–H and O–H groups in total. The van der Waals surface area contributed by atoms with Crippen LogP contribution in [0.1, 0.15) is 0 Å². The molecule has 0 bridgehead atoms. The average molecular weight is 481 g/mol. The highest BCUT2D eigenvalue weighted by molar-refractivity contribution is 8.00. The van der Waals surface area contributed by atoms with Crippen LogP contribution in [0.2, 0.25) is 5.02 Å². The van der Waals surface area contributed by atoms with Crippen molar-refractivity contribution in [1.29, 1.82) is 0 Å². The molecule has 0 fully saturated rings. The van der Waals surface area contributed by atoms with E-state index in [9.17, 15) is 4.79 Å². The van der Waals surface area contributed by atoms with Crippen molar-refractivity contribution in [2.24, 2.45) is 0 Å². The van der Waals surface area contributed by atoms with Crippen molar-refractivity contribution in [1.82, 2.24) is 4.98 Å². The number of amides is 1. The second-order valence-electron chi connectivity index (χ2n) is 7.76. The van der Waals surface area contributed by atoms with E-state index in [0.717, 1.165) is 43.9 Å². The van der Waals surface area contributed by atoms with Crippen LogP contribution in [0.4, 0.5) is 5.69 Å². The molecule has 0 radical (unpaired) electrons. The van der Waals surface area contributed by atoms with E-state index >= 15 is 0 Å². The summed E-state index contributed by atoms with van der Waals surface area (Å²) in [6.45, 7) is 0. The van der Waals surface area contributed by atoms with Crippen molar-refractivity contribution in [2.45, 2.75) is 4.90 Å². The number of carbonyl (C=O) groups is 1. The first kappa shape index (κ1) is 22.2. The zero-order chi connectivity index (χ0) is 23.3. The van der Waals surface area contributed by atoms with E-state index in [1.165, 1.54) is 11.8 Å². The van der Waals surface area contributed by atoms with E-state index in [2.05, 4.69) is 17.4 Å². The van der Waals surface area contributed by atoms with Gasteiger partial charge in [0.2, 0.25) is 5.91 Å². The van der Waals surface area contributed by atoms with Gasteiger partial charge in [-0.05, 0) is 35.9 Å². The zero-order valence-electron chi connectivity index (χ0n) is 18.2. The maximum absolute atomic E-state index is 12.8. The molecule has 0 aliphatic rings. The molecule has 0 spiro atoms. The molecular weight excluding hydrogens is 460 g/mol. The minimum atomic E-state index is -0.0691. The number of hydrogen-bond acceptors (Lipinski definition) is 3. The number of rotatable bonds is 6. The molecule has 5 heteroatoms. The Morgan fingerprint density at radius 2 is 1.41 bits per heavy atom. The van der Waals surface area contributed by atoms with E-state index in [4.69, 9.17) is 16.6 Å². The molecule has 0 atom stereocenters. The van der Waals surface area contributed by atoms with Crippen LogP contribution in [0.25, 0.3) is 33.3 Å². The summed E-state index contributed by atoms with van der Waals surface area (Å²) < 4.78 is 0. The Labute approximate surface area is 207 Å². The van der Waals surface area contributed by atoms with Crippen molar-refractivity contribution >= 4 is 45.9 Å². The van der Waals surface area contributed by atoms with Crippen LogP contribution in [0.15, 0.2) is 114 Å². The minimum Gasteiger partial charge on any atom is -0.325 e. The van der Waals surface area contributed by atoms with Crippen LogP contribution in [-0.2, 0) is 4.79 Å². The molecule has 3 nitrogen and oxygen atoms in total. The number of aromatic nitrogens is 1. The van der Waals surface area contributed by atoms with Crippen molar-refractivity contribution < 1.29 is 4.79 Å². The first-order valence-corrected chi connectivity index (χ1v) is 12.3. The Balaban J connectivity index is 1.65. The van der Waals surface area contributed by atoms with Crippen molar-refractivity contribution in [3.63, 3.8) is 0 Å². The molecule has 0 saturated carbocycles. The van der Waals surface area contributed by atoms with Gasteiger partial charge in [-0.2, -0.15) is 0 Å². The number of benzene rings is 4. The Morgan fingerprint density at radius 1 is 0.794 bits per heavy atom. The zero-order valence-corrected chi connectivity index (χ0v) is 19.8. The standard InChI is InChI=1S/C29H21ClN2OS/c30-22-16-17-25-24(18-22)27(20-10-4-1-5-11-20)29(28(32-25)21-12-6-2-7-13-21)34-19-26(33)31-23-14-8-3-9-15-23/h1-18H,19H2,(H,31,33). The van der Waals surface area contributed by atoms with Crippen LogP contribution >= 0.6 is 23.4 Å². The second kappa shape index (κ2) is 10.1. The van der Waals surface area contributed by atoms with Gasteiger partial charge in [-0.3, -0.25) is 4.79 Å². The number of hydrogen-bond donors (Lipinski definition) is 1. The maximum atomic E-state index is 12.8. The maximum Gasteiger partial charge on any atom is 0.234 e. The van der Waals surface area contributed by atoms with E-state index in [0.29, 0.717) is 5.02 Å². The van der Waals surface area contributed by atoms with Gasteiger partial charge in [0.25, 0.3) is 0 Å². The predicted octanol–water partition coefficient (Wildman–Crippen LogP) is 7.95. The molecular formula is C29H21ClN2OS. The van der Waals surface area contributed by atoms with Gasteiger partial charge < -0.3 is 5.32 Å². The SMILES string of the molecule is O=C(CSc1c(-c2ccccc2)nc2ccc(Cl)cc2c1-c1ccccc1)Nc1ccccc1. The van der Waals surface area contributed by atoms with Gasteiger partial charge in [0.05, 0.1) is 17.0 Å². The highest BCUT2D eigenvalue weighted by atomic mass is 35.5. The fourth-order valence-electron chi connectivity index (χ4n) is 3.90. The summed E-state index contributed by atoms with van der Waals surface area (Å²) in [6, 6.07) is 35.6. The Morgan fingerprint density at radius 3 is 2.09 bits per heavy atom. The molecule has 0 aliphatic carbocycles. The van der Waals surface area contributed by atoms with Crippen LogP contribution in [-0.4, -0.2) is 16.6 Å². The lowest BCUT2D eigenvalue weighted by molar-refractivity contribution is -0.113. The van der Waals surface area contributed by atoms with Gasteiger partial charge >= 0.3 is 0 Å². The molecule has 4 aromatic carbocycles. The topological polar surface area (TPSA) is 42.0 Å². The van der Waals surface area contributed by atoms with E-state index in [-0.39, 0.29) is 11.7 Å². The van der Waals surface area contributed by atoms with Crippen LogP contribution in [0.5, 0.6) is 0 Å². The minimum absolute atomic E-state index is 0.0691. The van der Waals surface area contributed by atoms with Crippen LogP contribution in [0.3, 0.4) is 0 Å². The predicted molar refractivity (Wildman–Crippen MR) is 143 cm³/mol. The molecule has 1 heterocycles. The summed E-state index contributed by atoms with van der Waals surface area (Å²) in [5.41, 5.74) is 5.59. The number of anilines is 1. The van der Waals surface area contributed by atoms with Crippen molar-refractivity contribution in [3.05, 3.63) is 114 Å². The van der Waals surface area contributed by atoms with Gasteiger partial charge in [0, 0.05) is 32.1 Å². The normalized spacial score (nSPS) is 10.9. The van der Waals surface area contributed by atoms with Crippen LogP contribution < -0.4 is 5.32 Å². The van der Waals surface area contributed by atoms with E-state index in [1.807, 2.05) is 97.1 Å². The molecule has 0 saturated heterocycles. The first-order chi connectivity index (χ1) is 16.7. The van der Waals surface area contributed by atoms with Crippen molar-refractivity contribution in [2.75, 3.05) is 11.1 Å². The number of pyridine rings is 1. The number of fused-ring (bicyclic) bond motifs is 1. The summed E-state index contributed by atoms with van der Waals surface area (Å²) in [5.74, 6) is 0.183. The molecule has 5 aromatic rings. The Bertz CT molecular complexity index is 1440.